The van der Waals surface area contributed by atoms with Crippen molar-refractivity contribution in [2.24, 2.45) is 5.92 Å². The number of hydrogen-bond donors (Lipinski definition) is 1. The van der Waals surface area contributed by atoms with Gasteiger partial charge in [-0.15, -0.1) is 0 Å². The first-order valence-electron chi connectivity index (χ1n) is 7.39. The lowest BCUT2D eigenvalue weighted by Gasteiger charge is -2.30. The Morgan fingerprint density at radius 1 is 1.17 bits per heavy atom. The zero-order valence-corrected chi connectivity index (χ0v) is 12.7. The number of halogens is 3. The Kier molecular flexibility index (Phi) is 5.28. The number of hydrogen-bond acceptors (Lipinski definition) is 3. The maximum absolute atomic E-state index is 13.0. The average Bonchev–Trinajstić information content (AvgIpc) is 2.54. The van der Waals surface area contributed by atoms with Gasteiger partial charge in [-0.1, -0.05) is 25.0 Å². The van der Waals surface area contributed by atoms with Crippen LogP contribution in [-0.4, -0.2) is 25.0 Å². The van der Waals surface area contributed by atoms with Gasteiger partial charge < -0.3 is 10.1 Å². The van der Waals surface area contributed by atoms with Crippen molar-refractivity contribution >= 4 is 11.9 Å². The second-order valence-corrected chi connectivity index (χ2v) is 5.54. The summed E-state index contributed by atoms with van der Waals surface area (Å²) in [6.45, 7) is 0. The number of nitrogens with one attached hydrogen (secondary N) is 1. The van der Waals surface area contributed by atoms with E-state index in [4.69, 9.17) is 4.74 Å². The number of rotatable bonds is 3. The molecule has 0 unspecified atom stereocenters. The molecule has 7 heteroatoms. The van der Waals surface area contributed by atoms with Gasteiger partial charge >= 0.3 is 12.1 Å². The fourth-order valence-corrected chi connectivity index (χ4v) is 2.91. The molecule has 126 valence electrons. The van der Waals surface area contributed by atoms with Crippen molar-refractivity contribution in [3.05, 3.63) is 35.4 Å². The molecular formula is C16H18F3NO3. The second kappa shape index (κ2) is 7.02. The number of methoxy groups -OCH3 is 1. The van der Waals surface area contributed by atoms with E-state index >= 15 is 0 Å². The van der Waals surface area contributed by atoms with E-state index in [1.54, 1.807) is 0 Å². The molecule has 0 bridgehead atoms. The quantitative estimate of drug-likeness (QED) is 0.867. The monoisotopic (exact) mass is 329 g/mol. The molecule has 0 heterocycles. The maximum Gasteiger partial charge on any atom is 0.417 e. The summed E-state index contributed by atoms with van der Waals surface area (Å²) in [5.74, 6) is -1.78. The van der Waals surface area contributed by atoms with Gasteiger partial charge in [-0.05, 0) is 25.0 Å². The minimum atomic E-state index is -4.61. The third-order valence-electron chi connectivity index (χ3n) is 4.06. The smallest absolute Gasteiger partial charge is 0.417 e. The van der Waals surface area contributed by atoms with Crippen LogP contribution in [0.1, 0.15) is 41.6 Å². The van der Waals surface area contributed by atoms with E-state index < -0.39 is 41.1 Å². The van der Waals surface area contributed by atoms with Crippen LogP contribution in [0.2, 0.25) is 0 Å². The van der Waals surface area contributed by atoms with Crippen LogP contribution in [-0.2, 0) is 15.7 Å². The average molecular weight is 329 g/mol. The van der Waals surface area contributed by atoms with Gasteiger partial charge in [-0.2, -0.15) is 13.2 Å². The summed E-state index contributed by atoms with van der Waals surface area (Å²) in [5, 5.41) is 2.57. The van der Waals surface area contributed by atoms with E-state index in [0.29, 0.717) is 12.8 Å². The fourth-order valence-electron chi connectivity index (χ4n) is 2.91. The van der Waals surface area contributed by atoms with Crippen LogP contribution in [0, 0.1) is 5.92 Å². The molecule has 2 atom stereocenters. The van der Waals surface area contributed by atoms with Gasteiger partial charge in [0, 0.05) is 6.04 Å². The molecule has 0 aliphatic heterocycles. The Hall–Kier alpha value is -2.05. The Balaban J connectivity index is 2.20. The van der Waals surface area contributed by atoms with E-state index in [-0.39, 0.29) is 0 Å². The molecule has 2 rings (SSSR count). The van der Waals surface area contributed by atoms with Gasteiger partial charge in [0.1, 0.15) is 0 Å². The van der Waals surface area contributed by atoms with E-state index in [1.165, 1.54) is 19.2 Å². The largest absolute Gasteiger partial charge is 0.469 e. The SMILES string of the molecule is COC(=O)[C@H]1CCCC[C@@H]1NC(=O)c1ccccc1C(F)(F)F. The third kappa shape index (κ3) is 4.03. The highest BCUT2D eigenvalue weighted by atomic mass is 19.4. The van der Waals surface area contributed by atoms with Crippen molar-refractivity contribution in [2.75, 3.05) is 7.11 Å². The first-order valence-corrected chi connectivity index (χ1v) is 7.39. The van der Waals surface area contributed by atoms with E-state index in [9.17, 15) is 22.8 Å². The molecule has 1 amide bonds. The number of ether oxygens (including phenoxy) is 1. The lowest BCUT2D eigenvalue weighted by Crippen LogP contribution is -2.45. The van der Waals surface area contributed by atoms with Crippen molar-refractivity contribution in [3.8, 4) is 0 Å². The zero-order valence-electron chi connectivity index (χ0n) is 12.7. The van der Waals surface area contributed by atoms with Crippen LogP contribution < -0.4 is 5.32 Å². The Bertz CT molecular complexity index is 586. The van der Waals surface area contributed by atoms with E-state index in [2.05, 4.69) is 5.32 Å². The molecule has 0 aromatic heterocycles. The predicted molar refractivity (Wildman–Crippen MR) is 76.7 cm³/mol. The molecule has 0 saturated heterocycles. The zero-order chi connectivity index (χ0) is 17.0. The normalized spacial score (nSPS) is 21.6. The standard InChI is InChI=1S/C16H18F3NO3/c1-23-15(22)11-7-3-5-9-13(11)20-14(21)10-6-2-4-8-12(10)16(17,18)19/h2,4,6,8,11,13H,3,5,7,9H2,1H3,(H,20,21)/t11-,13-/m0/s1. The molecule has 4 nitrogen and oxygen atoms in total. The van der Waals surface area contributed by atoms with Crippen molar-refractivity contribution in [3.63, 3.8) is 0 Å². The summed E-state index contributed by atoms with van der Waals surface area (Å²) in [6, 6.07) is 4.10. The van der Waals surface area contributed by atoms with Crippen LogP contribution in [0.4, 0.5) is 13.2 Å². The predicted octanol–water partition coefficient (Wildman–Crippen LogP) is 3.17. The number of carbonyl (C=O) groups excluding carboxylic acids is 2. The third-order valence-corrected chi connectivity index (χ3v) is 4.06. The van der Waals surface area contributed by atoms with Gasteiger partial charge in [0.25, 0.3) is 5.91 Å². The summed E-state index contributed by atoms with van der Waals surface area (Å²) in [7, 11) is 1.26. The molecular weight excluding hydrogens is 311 g/mol. The second-order valence-electron chi connectivity index (χ2n) is 5.54. The number of amides is 1. The van der Waals surface area contributed by atoms with Gasteiger partial charge in [0.05, 0.1) is 24.2 Å². The van der Waals surface area contributed by atoms with Gasteiger partial charge in [-0.3, -0.25) is 9.59 Å². The first kappa shape index (κ1) is 17.3. The summed E-state index contributed by atoms with van der Waals surface area (Å²) in [6.07, 6.45) is -1.88. The molecule has 1 saturated carbocycles. The first-order chi connectivity index (χ1) is 10.8. The molecule has 23 heavy (non-hydrogen) atoms. The van der Waals surface area contributed by atoms with Crippen molar-refractivity contribution in [1.82, 2.24) is 5.32 Å². The molecule has 1 N–H and O–H groups in total. The highest BCUT2D eigenvalue weighted by Gasteiger charge is 2.37. The minimum absolute atomic E-state index is 0.436. The highest BCUT2D eigenvalue weighted by molar-refractivity contribution is 5.96. The molecule has 1 aromatic carbocycles. The number of alkyl halides is 3. The lowest BCUT2D eigenvalue weighted by molar-refractivity contribution is -0.147. The van der Waals surface area contributed by atoms with Crippen molar-refractivity contribution in [2.45, 2.75) is 37.9 Å². The topological polar surface area (TPSA) is 55.4 Å². The molecule has 1 aliphatic carbocycles. The van der Waals surface area contributed by atoms with Crippen LogP contribution in [0.3, 0.4) is 0 Å². The summed E-state index contributed by atoms with van der Waals surface area (Å²) in [5.41, 5.74) is -1.42. The molecule has 1 aliphatic rings. The van der Waals surface area contributed by atoms with Gasteiger partial charge in [-0.25, -0.2) is 0 Å². The van der Waals surface area contributed by atoms with Crippen molar-refractivity contribution < 1.29 is 27.5 Å². The van der Waals surface area contributed by atoms with Crippen LogP contribution >= 0.6 is 0 Å². The number of esters is 1. The Labute approximate surface area is 132 Å². The van der Waals surface area contributed by atoms with E-state index in [1.807, 2.05) is 0 Å². The van der Waals surface area contributed by atoms with Gasteiger partial charge in [0.15, 0.2) is 0 Å². The lowest BCUT2D eigenvalue weighted by atomic mass is 9.84. The number of carbonyl (C=O) groups is 2. The van der Waals surface area contributed by atoms with E-state index in [0.717, 1.165) is 25.0 Å². The summed E-state index contributed by atoms with van der Waals surface area (Å²) < 4.78 is 43.7. The van der Waals surface area contributed by atoms with Crippen LogP contribution in [0.15, 0.2) is 24.3 Å². The Morgan fingerprint density at radius 3 is 2.48 bits per heavy atom. The van der Waals surface area contributed by atoms with Gasteiger partial charge in [0.2, 0.25) is 0 Å². The Morgan fingerprint density at radius 2 is 1.83 bits per heavy atom. The molecule has 1 fully saturated rings. The maximum atomic E-state index is 13.0. The summed E-state index contributed by atoms with van der Waals surface area (Å²) in [4.78, 5) is 24.0. The minimum Gasteiger partial charge on any atom is -0.469 e. The van der Waals surface area contributed by atoms with Crippen LogP contribution in [0.5, 0.6) is 0 Å². The van der Waals surface area contributed by atoms with Crippen molar-refractivity contribution in [1.29, 1.82) is 0 Å². The molecule has 1 aromatic rings. The van der Waals surface area contributed by atoms with Crippen LogP contribution in [0.25, 0.3) is 0 Å². The molecule has 0 spiro atoms. The summed E-state index contributed by atoms with van der Waals surface area (Å²) >= 11 is 0. The molecule has 0 radical (unpaired) electrons. The highest BCUT2D eigenvalue weighted by Crippen LogP contribution is 2.32. The fraction of sp³-hybridized carbons (Fsp3) is 0.500. The number of benzene rings is 1.